The van der Waals surface area contributed by atoms with Gasteiger partial charge in [0.25, 0.3) is 0 Å². The lowest BCUT2D eigenvalue weighted by Gasteiger charge is -2.25. The van der Waals surface area contributed by atoms with Crippen LogP contribution in [0.1, 0.15) is 20.3 Å². The molecule has 22 heavy (non-hydrogen) atoms. The molecule has 6 nitrogen and oxygen atoms in total. The number of carboxylic acid groups (broad SMARTS) is 1. The first-order valence-electron chi connectivity index (χ1n) is 7.00. The first kappa shape index (κ1) is 15.8. The largest absolute Gasteiger partial charge is 0.480 e. The van der Waals surface area contributed by atoms with Crippen molar-refractivity contribution in [3.05, 3.63) is 46.8 Å². The summed E-state index contributed by atoms with van der Waals surface area (Å²) in [5.74, 6) is -1.49. The molecular weight excluding hydrogens is 284 g/mol. The highest BCUT2D eigenvalue weighted by atomic mass is 16.4. The molecule has 1 aromatic carbocycles. The second-order valence-electron chi connectivity index (χ2n) is 5.36. The number of benzene rings is 1. The van der Waals surface area contributed by atoms with E-state index in [4.69, 9.17) is 0 Å². The molecule has 1 heterocycles. The molecular formula is C16H18N2O4. The summed E-state index contributed by atoms with van der Waals surface area (Å²) in [6.07, 6.45) is 1.81. The van der Waals surface area contributed by atoms with Crippen LogP contribution in [0.5, 0.6) is 0 Å². The number of hydrogen-bond donors (Lipinski definition) is 2. The van der Waals surface area contributed by atoms with Crippen LogP contribution < -0.4 is 10.7 Å². The zero-order valence-corrected chi connectivity index (χ0v) is 12.5. The molecule has 1 aromatic heterocycles. The Labute approximate surface area is 127 Å². The molecule has 0 saturated carbocycles. The molecule has 1 amide bonds. The van der Waals surface area contributed by atoms with E-state index in [1.54, 1.807) is 35.8 Å². The second kappa shape index (κ2) is 6.01. The Balaban J connectivity index is 2.28. The van der Waals surface area contributed by atoms with E-state index < -0.39 is 17.4 Å². The summed E-state index contributed by atoms with van der Waals surface area (Å²) < 4.78 is 1.63. The summed E-state index contributed by atoms with van der Waals surface area (Å²) in [6, 6.07) is 8.38. The molecule has 0 saturated heterocycles. The Kier molecular flexibility index (Phi) is 4.30. The van der Waals surface area contributed by atoms with Gasteiger partial charge in [-0.3, -0.25) is 9.59 Å². The Morgan fingerprint density at radius 3 is 2.59 bits per heavy atom. The van der Waals surface area contributed by atoms with Crippen molar-refractivity contribution in [1.82, 2.24) is 9.88 Å². The molecule has 0 aliphatic heterocycles. The lowest BCUT2D eigenvalue weighted by Crippen LogP contribution is -2.52. The van der Waals surface area contributed by atoms with Crippen LogP contribution in [0.2, 0.25) is 0 Å². The van der Waals surface area contributed by atoms with E-state index in [2.05, 4.69) is 5.32 Å². The highest BCUT2D eigenvalue weighted by Crippen LogP contribution is 2.11. The Hall–Kier alpha value is -2.63. The van der Waals surface area contributed by atoms with Gasteiger partial charge in [-0.1, -0.05) is 19.1 Å². The van der Waals surface area contributed by atoms with E-state index in [-0.39, 0.29) is 18.4 Å². The minimum Gasteiger partial charge on any atom is -0.480 e. The maximum Gasteiger partial charge on any atom is 0.329 e. The first-order chi connectivity index (χ1) is 10.4. The van der Waals surface area contributed by atoms with Crippen molar-refractivity contribution in [3.63, 3.8) is 0 Å². The van der Waals surface area contributed by atoms with Gasteiger partial charge >= 0.3 is 5.97 Å². The van der Waals surface area contributed by atoms with Gasteiger partial charge in [-0.2, -0.15) is 0 Å². The third-order valence-corrected chi connectivity index (χ3v) is 3.79. The minimum atomic E-state index is -1.30. The average Bonchev–Trinajstić information content (AvgIpc) is 2.50. The van der Waals surface area contributed by atoms with Crippen molar-refractivity contribution in [2.24, 2.45) is 0 Å². The van der Waals surface area contributed by atoms with E-state index in [1.807, 2.05) is 0 Å². The number of nitrogens with zero attached hydrogens (tertiary/aromatic N) is 1. The smallest absolute Gasteiger partial charge is 0.329 e. The number of hydrogen-bond acceptors (Lipinski definition) is 3. The van der Waals surface area contributed by atoms with Crippen LogP contribution in [-0.2, 0) is 16.1 Å². The van der Waals surface area contributed by atoms with Gasteiger partial charge in [-0.15, -0.1) is 0 Å². The number of aliphatic carboxylic acids is 1. The van der Waals surface area contributed by atoms with Crippen molar-refractivity contribution < 1.29 is 14.7 Å². The molecule has 0 aliphatic carbocycles. The monoisotopic (exact) mass is 302 g/mol. The Bertz CT molecular complexity index is 781. The number of carbonyl (C=O) groups excluding carboxylic acids is 1. The fraction of sp³-hybridized carbons (Fsp3) is 0.312. The minimum absolute atomic E-state index is 0.0519. The van der Waals surface area contributed by atoms with E-state index in [0.717, 1.165) is 0 Å². The number of para-hydroxylation sites is 1. The summed E-state index contributed by atoms with van der Waals surface area (Å²) in [5, 5.41) is 12.2. The van der Waals surface area contributed by atoms with Gasteiger partial charge in [0.15, 0.2) is 5.43 Å². The number of carboxylic acids is 1. The summed E-state index contributed by atoms with van der Waals surface area (Å²) in [6.45, 7) is 3.11. The van der Waals surface area contributed by atoms with Crippen molar-refractivity contribution >= 4 is 22.8 Å². The summed E-state index contributed by atoms with van der Waals surface area (Å²) >= 11 is 0. The molecule has 2 aromatic rings. The fourth-order valence-corrected chi connectivity index (χ4v) is 2.19. The van der Waals surface area contributed by atoms with E-state index >= 15 is 0 Å². The van der Waals surface area contributed by atoms with Crippen LogP contribution in [0.3, 0.4) is 0 Å². The number of amides is 1. The summed E-state index contributed by atoms with van der Waals surface area (Å²) in [4.78, 5) is 35.2. The molecule has 1 atom stereocenters. The molecule has 0 radical (unpaired) electrons. The van der Waals surface area contributed by atoms with Gasteiger partial charge < -0.3 is 15.0 Å². The molecule has 0 spiro atoms. The second-order valence-corrected chi connectivity index (χ2v) is 5.36. The van der Waals surface area contributed by atoms with Crippen molar-refractivity contribution in [2.45, 2.75) is 32.4 Å². The van der Waals surface area contributed by atoms with Crippen molar-refractivity contribution in [3.8, 4) is 0 Å². The third-order valence-electron chi connectivity index (χ3n) is 3.79. The number of carbonyl (C=O) groups is 2. The molecule has 2 rings (SSSR count). The number of rotatable bonds is 5. The molecule has 0 bridgehead atoms. The maximum atomic E-state index is 12.1. The highest BCUT2D eigenvalue weighted by Gasteiger charge is 2.32. The van der Waals surface area contributed by atoms with Crippen LogP contribution in [0.15, 0.2) is 41.3 Å². The lowest BCUT2D eigenvalue weighted by molar-refractivity contribution is -0.147. The van der Waals surface area contributed by atoms with Gasteiger partial charge in [0.1, 0.15) is 12.1 Å². The van der Waals surface area contributed by atoms with Crippen LogP contribution in [0.25, 0.3) is 10.9 Å². The first-order valence-corrected chi connectivity index (χ1v) is 7.00. The molecule has 0 aliphatic rings. The maximum absolute atomic E-state index is 12.1. The molecule has 6 heteroatoms. The van der Waals surface area contributed by atoms with Crippen molar-refractivity contribution in [2.75, 3.05) is 0 Å². The van der Waals surface area contributed by atoms with Gasteiger partial charge in [0, 0.05) is 17.6 Å². The van der Waals surface area contributed by atoms with Crippen LogP contribution in [0, 0.1) is 0 Å². The standard InChI is InChI=1S/C16H18N2O4/c1-3-16(2,15(21)22)17-14(20)10-18-9-8-13(19)11-6-4-5-7-12(11)18/h4-9H,3,10H2,1-2H3,(H,17,20)(H,21,22). The normalized spacial score (nSPS) is 13.5. The number of nitrogens with one attached hydrogen (secondary N) is 1. The van der Waals surface area contributed by atoms with Crippen molar-refractivity contribution in [1.29, 1.82) is 0 Å². The number of fused-ring (bicyclic) bond motifs is 1. The predicted molar refractivity (Wildman–Crippen MR) is 82.7 cm³/mol. The average molecular weight is 302 g/mol. The molecule has 0 fully saturated rings. The molecule has 116 valence electrons. The zero-order chi connectivity index (χ0) is 16.3. The number of aromatic nitrogens is 1. The Morgan fingerprint density at radius 2 is 1.95 bits per heavy atom. The van der Waals surface area contributed by atoms with Gasteiger partial charge in [0.05, 0.1) is 5.52 Å². The molecule has 2 N–H and O–H groups in total. The predicted octanol–water partition coefficient (Wildman–Crippen LogP) is 1.37. The van der Waals surface area contributed by atoms with Crippen LogP contribution >= 0.6 is 0 Å². The van der Waals surface area contributed by atoms with Crippen LogP contribution in [-0.4, -0.2) is 27.1 Å². The van der Waals surface area contributed by atoms with Gasteiger partial charge in [0.2, 0.25) is 5.91 Å². The number of pyridine rings is 1. The van der Waals surface area contributed by atoms with Crippen LogP contribution in [0.4, 0.5) is 0 Å². The Morgan fingerprint density at radius 1 is 1.27 bits per heavy atom. The summed E-state index contributed by atoms with van der Waals surface area (Å²) in [7, 11) is 0. The summed E-state index contributed by atoms with van der Waals surface area (Å²) in [5.41, 5.74) is -0.777. The quantitative estimate of drug-likeness (QED) is 0.873. The van der Waals surface area contributed by atoms with E-state index in [9.17, 15) is 19.5 Å². The SMILES string of the molecule is CCC(C)(NC(=O)Cn1ccc(=O)c2ccccc21)C(=O)O. The van der Waals surface area contributed by atoms with E-state index in [0.29, 0.717) is 10.9 Å². The third kappa shape index (κ3) is 3.00. The molecule has 1 unspecified atom stereocenters. The lowest BCUT2D eigenvalue weighted by atomic mass is 9.99. The zero-order valence-electron chi connectivity index (χ0n) is 12.5. The van der Waals surface area contributed by atoms with Gasteiger partial charge in [-0.05, 0) is 25.5 Å². The van der Waals surface area contributed by atoms with Gasteiger partial charge in [-0.25, -0.2) is 4.79 Å². The fourth-order valence-electron chi connectivity index (χ4n) is 2.19. The topological polar surface area (TPSA) is 88.4 Å². The van der Waals surface area contributed by atoms with E-state index in [1.165, 1.54) is 19.2 Å². The highest BCUT2D eigenvalue weighted by molar-refractivity contribution is 5.87.